The van der Waals surface area contributed by atoms with Gasteiger partial charge in [-0.1, -0.05) is 36.4 Å². The van der Waals surface area contributed by atoms with E-state index in [0.717, 1.165) is 16.1 Å². The van der Waals surface area contributed by atoms with Gasteiger partial charge in [0.2, 0.25) is 0 Å². The monoisotopic (exact) mass is 221 g/mol. The van der Waals surface area contributed by atoms with E-state index >= 15 is 0 Å². The lowest BCUT2D eigenvalue weighted by Gasteiger charge is -2.18. The molecule has 1 aliphatic carbocycles. The Balaban J connectivity index is 2.18. The summed E-state index contributed by atoms with van der Waals surface area (Å²) in [5.41, 5.74) is 2.97. The van der Waals surface area contributed by atoms with E-state index in [4.69, 9.17) is 0 Å². The van der Waals surface area contributed by atoms with Crippen LogP contribution < -0.4 is 10.2 Å². The van der Waals surface area contributed by atoms with Crippen LogP contribution in [0.1, 0.15) is 23.6 Å². The Labute approximate surface area is 97.1 Å². The molecule has 0 saturated heterocycles. The van der Waals surface area contributed by atoms with Gasteiger partial charge in [0, 0.05) is 6.04 Å². The van der Waals surface area contributed by atoms with Crippen LogP contribution in [0.2, 0.25) is 0 Å². The normalized spacial score (nSPS) is 21.4. The van der Waals surface area contributed by atoms with E-state index in [1.165, 1.54) is 16.3 Å². The molecule has 2 radical (unpaired) electrons. The largest absolute Gasteiger partial charge is 0.329 e. The van der Waals surface area contributed by atoms with Crippen molar-refractivity contribution in [3.05, 3.63) is 47.5 Å². The Morgan fingerprint density at radius 1 is 1.25 bits per heavy atom. The zero-order valence-electron chi connectivity index (χ0n) is 8.83. The fourth-order valence-electron chi connectivity index (χ4n) is 2.77. The molecule has 4 rings (SSSR count). The second kappa shape index (κ2) is 3.06. The van der Waals surface area contributed by atoms with E-state index < -0.39 is 0 Å². The van der Waals surface area contributed by atoms with Crippen LogP contribution in [0.3, 0.4) is 0 Å². The predicted molar refractivity (Wildman–Crippen MR) is 68.9 cm³/mol. The summed E-state index contributed by atoms with van der Waals surface area (Å²) >= 11 is 0. The van der Waals surface area contributed by atoms with Gasteiger partial charge >= 0.3 is 0 Å². The maximum atomic E-state index is 3.63. The number of nitrogens with one attached hydrogen (secondary N) is 1. The van der Waals surface area contributed by atoms with Crippen LogP contribution in [0.4, 0.5) is 0 Å². The molecule has 2 aromatic rings. The van der Waals surface area contributed by atoms with Gasteiger partial charge in [0.1, 0.15) is 0 Å². The Morgan fingerprint density at radius 2 is 2.19 bits per heavy atom. The van der Waals surface area contributed by atoms with Crippen LogP contribution >= 0.6 is 0 Å². The molecule has 0 saturated carbocycles. The molecule has 2 heteroatoms. The highest BCUT2D eigenvalue weighted by atomic mass is 28.2. The van der Waals surface area contributed by atoms with Crippen LogP contribution in [0.25, 0.3) is 16.8 Å². The van der Waals surface area contributed by atoms with E-state index in [2.05, 4.69) is 47.5 Å². The number of hydrogen-bond acceptors (Lipinski definition) is 1. The number of benzene rings is 2. The number of fused-ring (bicyclic) bond motifs is 2. The molecule has 1 aliphatic heterocycles. The molecule has 0 fully saturated rings. The van der Waals surface area contributed by atoms with E-state index in [0.29, 0.717) is 6.04 Å². The van der Waals surface area contributed by atoms with Gasteiger partial charge in [-0.15, -0.1) is 0 Å². The number of rotatable bonds is 0. The maximum Gasteiger partial charge on any atom is 0.181 e. The summed E-state index contributed by atoms with van der Waals surface area (Å²) in [5, 5.41) is 4.35. The van der Waals surface area contributed by atoms with Crippen LogP contribution in [0, 0.1) is 0 Å². The highest BCUT2D eigenvalue weighted by Gasteiger charge is 2.27. The van der Waals surface area contributed by atoms with Gasteiger partial charge in [-0.25, -0.2) is 0 Å². The SMILES string of the molecule is C1=Cc2cc3ccccc3c3c2C(C1)N[Si]3. The Bertz CT molecular complexity index is 615. The highest BCUT2D eigenvalue weighted by molar-refractivity contribution is 6.57. The molecule has 76 valence electrons. The maximum absolute atomic E-state index is 3.63. The van der Waals surface area contributed by atoms with E-state index in [-0.39, 0.29) is 0 Å². The Kier molecular flexibility index (Phi) is 1.67. The van der Waals surface area contributed by atoms with Crippen molar-refractivity contribution in [1.29, 1.82) is 0 Å². The van der Waals surface area contributed by atoms with Gasteiger partial charge < -0.3 is 4.98 Å². The molecule has 0 spiro atoms. The molecule has 2 aromatic carbocycles. The smallest absolute Gasteiger partial charge is 0.181 e. The molecule has 16 heavy (non-hydrogen) atoms. The third kappa shape index (κ3) is 1.03. The summed E-state index contributed by atoms with van der Waals surface area (Å²) in [7, 11) is 0.767. The minimum Gasteiger partial charge on any atom is -0.329 e. The summed E-state index contributed by atoms with van der Waals surface area (Å²) in [6.07, 6.45) is 5.71. The van der Waals surface area contributed by atoms with Crippen LogP contribution in [0.15, 0.2) is 36.4 Å². The molecule has 0 aromatic heterocycles. The van der Waals surface area contributed by atoms with E-state index in [1.54, 1.807) is 10.8 Å². The summed E-state index contributed by atoms with van der Waals surface area (Å²) in [4.78, 5) is 3.63. The van der Waals surface area contributed by atoms with Gasteiger partial charge in [0.15, 0.2) is 9.68 Å². The standard InChI is InChI=1S/C14H11NSi/c1-2-6-11-9(4-1)8-10-5-3-7-12-13(10)14(11)16-15-12/h1-6,8,12,15H,7H2. The second-order valence-electron chi connectivity index (χ2n) is 4.44. The lowest BCUT2D eigenvalue weighted by Crippen LogP contribution is -2.21. The minimum absolute atomic E-state index is 0.568. The molecule has 1 unspecified atom stereocenters. The predicted octanol–water partition coefficient (Wildman–Crippen LogP) is 2.15. The molecule has 2 aliphatic rings. The first-order valence-corrected chi connectivity index (χ1v) is 6.67. The summed E-state index contributed by atoms with van der Waals surface area (Å²) in [6, 6.07) is 11.6. The molecular formula is C14H11NSi. The third-order valence-electron chi connectivity index (χ3n) is 3.51. The quantitative estimate of drug-likeness (QED) is 0.672. The van der Waals surface area contributed by atoms with Crippen LogP contribution in [-0.4, -0.2) is 9.68 Å². The van der Waals surface area contributed by atoms with Crippen molar-refractivity contribution in [1.82, 2.24) is 4.98 Å². The van der Waals surface area contributed by atoms with Crippen molar-refractivity contribution >= 4 is 31.7 Å². The van der Waals surface area contributed by atoms with Gasteiger partial charge in [-0.3, -0.25) is 0 Å². The topological polar surface area (TPSA) is 12.0 Å². The third-order valence-corrected chi connectivity index (χ3v) is 4.79. The Hall–Kier alpha value is -1.38. The van der Waals surface area contributed by atoms with Gasteiger partial charge in [-0.05, 0) is 39.6 Å². The average molecular weight is 221 g/mol. The summed E-state index contributed by atoms with van der Waals surface area (Å²) in [6.45, 7) is 0. The average Bonchev–Trinajstić information content (AvgIpc) is 2.76. The first-order valence-electron chi connectivity index (χ1n) is 5.67. The molecular weight excluding hydrogens is 210 g/mol. The molecule has 1 N–H and O–H groups in total. The molecule has 1 atom stereocenters. The van der Waals surface area contributed by atoms with Gasteiger partial charge in [0.05, 0.1) is 0 Å². The minimum atomic E-state index is 0.568. The van der Waals surface area contributed by atoms with Crippen molar-refractivity contribution < 1.29 is 0 Å². The van der Waals surface area contributed by atoms with Crippen molar-refractivity contribution in [2.75, 3.05) is 0 Å². The Morgan fingerprint density at radius 3 is 3.19 bits per heavy atom. The second-order valence-corrected chi connectivity index (χ2v) is 5.47. The van der Waals surface area contributed by atoms with Gasteiger partial charge in [-0.2, -0.15) is 0 Å². The molecule has 1 nitrogen and oxygen atoms in total. The first-order chi connectivity index (χ1) is 7.93. The lowest BCUT2D eigenvalue weighted by molar-refractivity contribution is 0.689. The highest BCUT2D eigenvalue weighted by Crippen LogP contribution is 2.32. The summed E-state index contributed by atoms with van der Waals surface area (Å²) in [5.74, 6) is 0. The van der Waals surface area contributed by atoms with Crippen molar-refractivity contribution in [3.8, 4) is 0 Å². The fourth-order valence-corrected chi connectivity index (χ4v) is 4.17. The molecule has 1 heterocycles. The zero-order chi connectivity index (χ0) is 10.5. The summed E-state index contributed by atoms with van der Waals surface area (Å²) < 4.78 is 0. The zero-order valence-corrected chi connectivity index (χ0v) is 9.83. The number of hydrogen-bond donors (Lipinski definition) is 1. The fraction of sp³-hybridized carbons (Fsp3) is 0.143. The van der Waals surface area contributed by atoms with Crippen molar-refractivity contribution in [2.45, 2.75) is 12.5 Å². The van der Waals surface area contributed by atoms with E-state index in [9.17, 15) is 0 Å². The van der Waals surface area contributed by atoms with Gasteiger partial charge in [0.25, 0.3) is 0 Å². The van der Waals surface area contributed by atoms with Crippen LogP contribution in [0.5, 0.6) is 0 Å². The lowest BCUT2D eigenvalue weighted by atomic mass is 9.90. The van der Waals surface area contributed by atoms with Crippen LogP contribution in [-0.2, 0) is 0 Å². The molecule has 0 amide bonds. The van der Waals surface area contributed by atoms with Crippen molar-refractivity contribution in [3.63, 3.8) is 0 Å². The van der Waals surface area contributed by atoms with E-state index in [1.807, 2.05) is 0 Å². The van der Waals surface area contributed by atoms with Crippen molar-refractivity contribution in [2.24, 2.45) is 0 Å². The molecule has 0 bridgehead atoms. The first kappa shape index (κ1) is 8.73.